The van der Waals surface area contributed by atoms with E-state index in [0.717, 1.165) is 11.3 Å². The fraction of sp³-hybridized carbons (Fsp3) is 0.455. The number of rotatable bonds is 2. The van der Waals surface area contributed by atoms with E-state index in [1.54, 1.807) is 0 Å². The lowest BCUT2D eigenvalue weighted by atomic mass is 10.1. The minimum Gasteiger partial charge on any atom is -0.488 e. The van der Waals surface area contributed by atoms with Crippen LogP contribution in [0.5, 0.6) is 5.75 Å². The first-order valence-corrected chi connectivity index (χ1v) is 4.49. The molecule has 1 rings (SSSR count). The van der Waals surface area contributed by atoms with Gasteiger partial charge in [-0.15, -0.1) is 0 Å². The van der Waals surface area contributed by atoms with Crippen molar-refractivity contribution in [3.05, 3.63) is 29.8 Å². The Morgan fingerprint density at radius 3 is 2.54 bits per heavy atom. The van der Waals surface area contributed by atoms with E-state index in [4.69, 9.17) is 10.5 Å². The number of nitrogens with two attached hydrogens (primary N) is 1. The Labute approximate surface area is 79.7 Å². The van der Waals surface area contributed by atoms with Crippen molar-refractivity contribution in [2.24, 2.45) is 5.73 Å². The third-order valence-corrected chi connectivity index (χ3v) is 1.56. The molecule has 0 saturated heterocycles. The number of hydrogen-bond donors (Lipinski definition) is 1. The predicted molar refractivity (Wildman–Crippen MR) is 54.7 cm³/mol. The van der Waals surface area contributed by atoms with E-state index >= 15 is 0 Å². The van der Waals surface area contributed by atoms with Crippen molar-refractivity contribution in [3.8, 4) is 5.75 Å². The van der Waals surface area contributed by atoms with Gasteiger partial charge in [-0.25, -0.2) is 0 Å². The summed E-state index contributed by atoms with van der Waals surface area (Å²) in [7, 11) is 0. The van der Waals surface area contributed by atoms with Gasteiger partial charge in [-0.1, -0.05) is 12.1 Å². The number of ether oxygens (including phenoxy) is 1. The maximum absolute atomic E-state index is 5.69. The molecule has 2 nitrogen and oxygen atoms in total. The van der Waals surface area contributed by atoms with Crippen molar-refractivity contribution >= 4 is 0 Å². The Morgan fingerprint density at radius 2 is 2.00 bits per heavy atom. The summed E-state index contributed by atoms with van der Waals surface area (Å²) in [5.41, 5.74) is 6.48. The fourth-order valence-corrected chi connectivity index (χ4v) is 1.09. The third kappa shape index (κ3) is 3.47. The number of hydrogen-bond acceptors (Lipinski definition) is 2. The zero-order chi connectivity index (χ0) is 9.90. The van der Waals surface area contributed by atoms with Crippen LogP contribution in [0.4, 0.5) is 0 Å². The maximum Gasteiger partial charge on any atom is 0.120 e. The zero-order valence-corrected chi connectivity index (χ0v) is 8.50. The van der Waals surface area contributed by atoms with Gasteiger partial charge in [0.15, 0.2) is 0 Å². The van der Waals surface area contributed by atoms with Gasteiger partial charge in [-0.3, -0.25) is 0 Å². The molecule has 2 N–H and O–H groups in total. The lowest BCUT2D eigenvalue weighted by Gasteiger charge is -2.21. The average Bonchev–Trinajstić information content (AvgIpc) is 2.01. The monoisotopic (exact) mass is 179 g/mol. The maximum atomic E-state index is 5.69. The largest absolute Gasteiger partial charge is 0.488 e. The van der Waals surface area contributed by atoms with E-state index in [0.29, 0.717) is 6.54 Å². The Balaban J connectivity index is 2.78. The van der Waals surface area contributed by atoms with Gasteiger partial charge in [-0.2, -0.15) is 0 Å². The molecule has 0 spiro atoms. The van der Waals surface area contributed by atoms with Crippen LogP contribution in [0.1, 0.15) is 26.3 Å². The molecule has 2 heteroatoms. The van der Waals surface area contributed by atoms with Crippen LogP contribution in [0.15, 0.2) is 24.3 Å². The standard InChI is InChI=1S/C11H17NO/c1-11(2,3)13-10-6-4-5-9(7-10)8-12/h4-7H,8,12H2,1-3H3. The first-order chi connectivity index (χ1) is 6.01. The molecular weight excluding hydrogens is 162 g/mol. The minimum atomic E-state index is -0.146. The molecule has 0 bridgehead atoms. The molecule has 72 valence electrons. The molecule has 0 aliphatic heterocycles. The van der Waals surface area contributed by atoms with Crippen LogP contribution >= 0.6 is 0 Å². The van der Waals surface area contributed by atoms with E-state index < -0.39 is 0 Å². The van der Waals surface area contributed by atoms with E-state index in [2.05, 4.69) is 0 Å². The Hall–Kier alpha value is -1.02. The highest BCUT2D eigenvalue weighted by Gasteiger charge is 2.11. The zero-order valence-electron chi connectivity index (χ0n) is 8.50. The van der Waals surface area contributed by atoms with Crippen LogP contribution < -0.4 is 10.5 Å². The highest BCUT2D eigenvalue weighted by molar-refractivity contribution is 5.28. The molecule has 0 aromatic heterocycles. The normalized spacial score (nSPS) is 11.4. The van der Waals surface area contributed by atoms with Gasteiger partial charge in [0.05, 0.1) is 0 Å². The molecule has 0 atom stereocenters. The fourth-order valence-electron chi connectivity index (χ4n) is 1.09. The van der Waals surface area contributed by atoms with Crippen LogP contribution in [-0.4, -0.2) is 5.60 Å². The second-order valence-electron chi connectivity index (χ2n) is 4.07. The molecule has 0 radical (unpaired) electrons. The van der Waals surface area contributed by atoms with Gasteiger partial charge in [-0.05, 0) is 38.5 Å². The predicted octanol–water partition coefficient (Wildman–Crippen LogP) is 2.32. The van der Waals surface area contributed by atoms with Crippen LogP contribution in [0.25, 0.3) is 0 Å². The van der Waals surface area contributed by atoms with Crippen molar-refractivity contribution in [1.29, 1.82) is 0 Å². The molecule has 13 heavy (non-hydrogen) atoms. The second-order valence-corrected chi connectivity index (χ2v) is 4.07. The molecule has 0 aliphatic carbocycles. The highest BCUT2D eigenvalue weighted by Crippen LogP contribution is 2.18. The first kappa shape index (κ1) is 10.1. The van der Waals surface area contributed by atoms with Gasteiger partial charge < -0.3 is 10.5 Å². The Bertz CT molecular complexity index is 276. The van der Waals surface area contributed by atoms with Crippen LogP contribution in [0, 0.1) is 0 Å². The first-order valence-electron chi connectivity index (χ1n) is 4.49. The van der Waals surface area contributed by atoms with Gasteiger partial charge in [0.2, 0.25) is 0 Å². The van der Waals surface area contributed by atoms with E-state index in [1.807, 2.05) is 45.0 Å². The summed E-state index contributed by atoms with van der Waals surface area (Å²) in [5, 5.41) is 0. The van der Waals surface area contributed by atoms with E-state index in [9.17, 15) is 0 Å². The van der Waals surface area contributed by atoms with E-state index in [1.165, 1.54) is 0 Å². The SMILES string of the molecule is CC(C)(C)Oc1cccc(CN)c1. The van der Waals surface area contributed by atoms with Crippen LogP contribution in [0.2, 0.25) is 0 Å². The smallest absolute Gasteiger partial charge is 0.120 e. The van der Waals surface area contributed by atoms with Crippen molar-refractivity contribution in [2.45, 2.75) is 32.9 Å². The minimum absolute atomic E-state index is 0.146. The molecular formula is C11H17NO. The topological polar surface area (TPSA) is 35.2 Å². The van der Waals surface area contributed by atoms with Gasteiger partial charge in [0.25, 0.3) is 0 Å². The summed E-state index contributed by atoms with van der Waals surface area (Å²) in [5.74, 6) is 0.885. The highest BCUT2D eigenvalue weighted by atomic mass is 16.5. The quantitative estimate of drug-likeness (QED) is 0.756. The van der Waals surface area contributed by atoms with Crippen molar-refractivity contribution in [1.82, 2.24) is 0 Å². The summed E-state index contributed by atoms with van der Waals surface area (Å²) in [6, 6.07) is 7.88. The summed E-state index contributed by atoms with van der Waals surface area (Å²) >= 11 is 0. The molecule has 0 heterocycles. The van der Waals surface area contributed by atoms with Gasteiger partial charge in [0.1, 0.15) is 11.4 Å². The summed E-state index contributed by atoms with van der Waals surface area (Å²) in [4.78, 5) is 0. The molecule has 0 aliphatic rings. The lowest BCUT2D eigenvalue weighted by Crippen LogP contribution is -2.23. The van der Waals surface area contributed by atoms with Gasteiger partial charge in [0, 0.05) is 6.54 Å². The van der Waals surface area contributed by atoms with Crippen LogP contribution in [0.3, 0.4) is 0 Å². The Morgan fingerprint density at radius 1 is 1.31 bits per heavy atom. The summed E-state index contributed by atoms with van der Waals surface area (Å²) in [6.07, 6.45) is 0. The van der Waals surface area contributed by atoms with Crippen molar-refractivity contribution < 1.29 is 4.74 Å². The molecule has 0 fully saturated rings. The Kier molecular flexibility index (Phi) is 2.94. The summed E-state index contributed by atoms with van der Waals surface area (Å²) < 4.78 is 5.69. The van der Waals surface area contributed by atoms with Crippen LogP contribution in [-0.2, 0) is 6.54 Å². The molecule has 0 amide bonds. The van der Waals surface area contributed by atoms with Crippen molar-refractivity contribution in [2.75, 3.05) is 0 Å². The molecule has 1 aromatic rings. The molecule has 1 aromatic carbocycles. The number of benzene rings is 1. The average molecular weight is 179 g/mol. The van der Waals surface area contributed by atoms with E-state index in [-0.39, 0.29) is 5.60 Å². The lowest BCUT2D eigenvalue weighted by molar-refractivity contribution is 0.131. The van der Waals surface area contributed by atoms with Gasteiger partial charge >= 0.3 is 0 Å². The third-order valence-electron chi connectivity index (χ3n) is 1.56. The summed E-state index contributed by atoms with van der Waals surface area (Å²) in [6.45, 7) is 6.65. The van der Waals surface area contributed by atoms with Crippen molar-refractivity contribution in [3.63, 3.8) is 0 Å². The molecule has 0 unspecified atom stereocenters. The second kappa shape index (κ2) is 3.79. The molecule has 0 saturated carbocycles.